The molecule has 26 heavy (non-hydrogen) atoms. The maximum Gasteiger partial charge on any atom is 0.223 e. The van der Waals surface area contributed by atoms with Crippen LogP contribution in [0.5, 0.6) is 5.75 Å². The third-order valence-corrected chi connectivity index (χ3v) is 4.09. The van der Waals surface area contributed by atoms with Gasteiger partial charge in [-0.25, -0.2) is 4.39 Å². The number of morpholine rings is 1. The lowest BCUT2D eigenvalue weighted by atomic mass is 9.90. The largest absolute Gasteiger partial charge is 0.490 e. The molecular formula is C19H27FN2O4. The first-order chi connectivity index (χ1) is 12.1. The molecule has 1 atom stereocenters. The minimum absolute atomic E-state index is 0.0106. The predicted octanol–water partition coefficient (Wildman–Crippen LogP) is 2.11. The lowest BCUT2D eigenvalue weighted by Crippen LogP contribution is -2.58. The number of hydrogen-bond donors (Lipinski definition) is 1. The fraction of sp³-hybridized carbons (Fsp3) is 0.579. The lowest BCUT2D eigenvalue weighted by molar-refractivity contribution is -0.162. The van der Waals surface area contributed by atoms with Crippen LogP contribution in [0.25, 0.3) is 0 Å². The first kappa shape index (κ1) is 20.2. The van der Waals surface area contributed by atoms with Crippen molar-refractivity contribution in [2.75, 3.05) is 26.3 Å². The van der Waals surface area contributed by atoms with E-state index >= 15 is 0 Å². The molecule has 0 spiro atoms. The van der Waals surface area contributed by atoms with Gasteiger partial charge in [0, 0.05) is 13.0 Å². The molecular weight excluding hydrogens is 339 g/mol. The van der Waals surface area contributed by atoms with Crippen molar-refractivity contribution < 1.29 is 23.5 Å². The highest BCUT2D eigenvalue weighted by Crippen LogP contribution is 2.27. The molecule has 1 heterocycles. The molecule has 1 aliphatic rings. The first-order valence-corrected chi connectivity index (χ1v) is 8.67. The van der Waals surface area contributed by atoms with Crippen LogP contribution in [0, 0.1) is 11.2 Å². The van der Waals surface area contributed by atoms with Crippen molar-refractivity contribution >= 4 is 11.8 Å². The quantitative estimate of drug-likeness (QED) is 0.836. The number of hydrogen-bond acceptors (Lipinski definition) is 4. The van der Waals surface area contributed by atoms with Crippen LogP contribution in [0.1, 0.15) is 33.6 Å². The molecule has 1 aromatic rings. The van der Waals surface area contributed by atoms with Gasteiger partial charge >= 0.3 is 0 Å². The minimum Gasteiger partial charge on any atom is -0.490 e. The van der Waals surface area contributed by atoms with Crippen molar-refractivity contribution in [1.82, 2.24) is 4.90 Å². The number of halogens is 1. The van der Waals surface area contributed by atoms with Gasteiger partial charge < -0.3 is 20.1 Å². The molecule has 0 unspecified atom stereocenters. The fourth-order valence-electron chi connectivity index (χ4n) is 2.93. The average Bonchev–Trinajstić information content (AvgIpc) is 2.52. The van der Waals surface area contributed by atoms with Crippen molar-refractivity contribution in [3.63, 3.8) is 0 Å². The second-order valence-electron chi connectivity index (χ2n) is 7.97. The predicted molar refractivity (Wildman–Crippen MR) is 95.0 cm³/mol. The van der Waals surface area contributed by atoms with E-state index in [1.54, 1.807) is 4.90 Å². The molecule has 0 aliphatic carbocycles. The Morgan fingerprint density at radius 1 is 1.31 bits per heavy atom. The lowest BCUT2D eigenvalue weighted by Gasteiger charge is -2.42. The van der Waals surface area contributed by atoms with E-state index in [0.29, 0.717) is 25.3 Å². The third kappa shape index (κ3) is 5.98. The van der Waals surface area contributed by atoms with E-state index in [-0.39, 0.29) is 36.7 Å². The van der Waals surface area contributed by atoms with Gasteiger partial charge in [0.05, 0.1) is 19.6 Å². The fourth-order valence-corrected chi connectivity index (χ4v) is 2.93. The van der Waals surface area contributed by atoms with Crippen LogP contribution in [0.3, 0.4) is 0 Å². The zero-order valence-corrected chi connectivity index (χ0v) is 15.6. The Morgan fingerprint density at radius 3 is 2.54 bits per heavy atom. The summed E-state index contributed by atoms with van der Waals surface area (Å²) < 4.78 is 24.6. The van der Waals surface area contributed by atoms with E-state index < -0.39 is 11.5 Å². The van der Waals surface area contributed by atoms with Gasteiger partial charge in [0.25, 0.3) is 0 Å². The van der Waals surface area contributed by atoms with E-state index in [4.69, 9.17) is 15.2 Å². The number of nitrogens with two attached hydrogens (primary N) is 1. The summed E-state index contributed by atoms with van der Waals surface area (Å²) in [5, 5.41) is 0. The van der Waals surface area contributed by atoms with E-state index in [2.05, 4.69) is 0 Å². The zero-order valence-electron chi connectivity index (χ0n) is 15.6. The number of amides is 2. The topological polar surface area (TPSA) is 81.9 Å². The number of rotatable bonds is 6. The summed E-state index contributed by atoms with van der Waals surface area (Å²) >= 11 is 0. The summed E-state index contributed by atoms with van der Waals surface area (Å²) in [6.07, 6.45) is 0.339. The SMILES string of the molecule is CC(C)(C)CC(=O)N1CCO[C@](COc2ccc(F)cc2)(CC(N)=O)C1. The van der Waals surface area contributed by atoms with Gasteiger partial charge in [0.2, 0.25) is 11.8 Å². The van der Waals surface area contributed by atoms with Crippen LogP contribution in [0.2, 0.25) is 0 Å². The number of benzene rings is 1. The highest BCUT2D eigenvalue weighted by Gasteiger charge is 2.41. The van der Waals surface area contributed by atoms with Crippen molar-refractivity contribution in [2.45, 2.75) is 39.2 Å². The maximum absolute atomic E-state index is 13.0. The number of carbonyl (C=O) groups excluding carboxylic acids is 2. The molecule has 7 heteroatoms. The second-order valence-corrected chi connectivity index (χ2v) is 7.97. The standard InChI is InChI=1S/C19H27FN2O4/c1-18(2,3)11-17(24)22-8-9-26-19(12-22,10-16(21)23)13-25-15-6-4-14(20)5-7-15/h4-7H,8-13H2,1-3H3,(H2,21,23)/t19-/m1/s1. The average molecular weight is 366 g/mol. The molecule has 1 aromatic carbocycles. The van der Waals surface area contributed by atoms with Crippen LogP contribution in [0.4, 0.5) is 4.39 Å². The second kappa shape index (κ2) is 8.03. The van der Waals surface area contributed by atoms with Gasteiger partial charge in [-0.2, -0.15) is 0 Å². The van der Waals surface area contributed by atoms with Crippen LogP contribution < -0.4 is 10.5 Å². The minimum atomic E-state index is -1.01. The van der Waals surface area contributed by atoms with Crippen LogP contribution in [-0.4, -0.2) is 48.6 Å². The van der Waals surface area contributed by atoms with Crippen LogP contribution in [0.15, 0.2) is 24.3 Å². The van der Waals surface area contributed by atoms with Gasteiger partial charge in [0.15, 0.2) is 0 Å². The Balaban J connectivity index is 2.10. The van der Waals surface area contributed by atoms with Gasteiger partial charge in [-0.15, -0.1) is 0 Å². The zero-order chi connectivity index (χ0) is 19.4. The summed E-state index contributed by atoms with van der Waals surface area (Å²) in [6, 6.07) is 5.57. The molecule has 0 aromatic heterocycles. The third-order valence-electron chi connectivity index (χ3n) is 4.09. The number of nitrogens with zero attached hydrogens (tertiary/aromatic N) is 1. The molecule has 6 nitrogen and oxygen atoms in total. The highest BCUT2D eigenvalue weighted by atomic mass is 19.1. The summed E-state index contributed by atoms with van der Waals surface area (Å²) in [7, 11) is 0. The number of carbonyl (C=O) groups is 2. The van der Waals surface area contributed by atoms with Crippen molar-refractivity contribution in [2.24, 2.45) is 11.1 Å². The van der Waals surface area contributed by atoms with Crippen molar-refractivity contribution in [3.05, 3.63) is 30.1 Å². The summed E-state index contributed by atoms with van der Waals surface area (Å²) in [5.41, 5.74) is 4.25. The molecule has 1 fully saturated rings. The molecule has 0 bridgehead atoms. The maximum atomic E-state index is 13.0. The highest BCUT2D eigenvalue weighted by molar-refractivity contribution is 5.78. The Labute approximate surface area is 153 Å². The summed E-state index contributed by atoms with van der Waals surface area (Å²) in [4.78, 5) is 25.8. The van der Waals surface area contributed by atoms with E-state index in [1.165, 1.54) is 24.3 Å². The molecule has 1 aliphatic heterocycles. The molecule has 2 rings (SSSR count). The number of primary amides is 1. The first-order valence-electron chi connectivity index (χ1n) is 8.67. The van der Waals surface area contributed by atoms with Crippen LogP contribution in [-0.2, 0) is 14.3 Å². The normalized spacial score (nSPS) is 20.7. The van der Waals surface area contributed by atoms with Gasteiger partial charge in [-0.1, -0.05) is 20.8 Å². The Morgan fingerprint density at radius 2 is 1.96 bits per heavy atom. The van der Waals surface area contributed by atoms with Gasteiger partial charge in [0.1, 0.15) is 23.8 Å². The molecule has 1 saturated heterocycles. The van der Waals surface area contributed by atoms with Crippen molar-refractivity contribution in [3.8, 4) is 5.75 Å². The molecule has 2 N–H and O–H groups in total. The van der Waals surface area contributed by atoms with Crippen LogP contribution >= 0.6 is 0 Å². The van der Waals surface area contributed by atoms with E-state index in [9.17, 15) is 14.0 Å². The van der Waals surface area contributed by atoms with Gasteiger partial charge in [-0.3, -0.25) is 9.59 Å². The molecule has 0 radical (unpaired) electrons. The Bertz CT molecular complexity index is 642. The van der Waals surface area contributed by atoms with E-state index in [0.717, 1.165) is 0 Å². The monoisotopic (exact) mass is 366 g/mol. The van der Waals surface area contributed by atoms with Gasteiger partial charge in [-0.05, 0) is 29.7 Å². The molecule has 2 amide bonds. The van der Waals surface area contributed by atoms with E-state index in [1.807, 2.05) is 20.8 Å². The smallest absolute Gasteiger partial charge is 0.223 e. The molecule has 144 valence electrons. The summed E-state index contributed by atoms with van der Waals surface area (Å²) in [6.45, 7) is 7.04. The van der Waals surface area contributed by atoms with Crippen molar-refractivity contribution in [1.29, 1.82) is 0 Å². The Hall–Kier alpha value is -2.15. The number of ether oxygens (including phenoxy) is 2. The molecule has 0 saturated carbocycles. The summed E-state index contributed by atoms with van der Waals surface area (Å²) in [5.74, 6) is -0.427. The Kier molecular flexibility index (Phi) is 6.23.